The smallest absolute Gasteiger partial charge is 0.321 e. The van der Waals surface area contributed by atoms with Gasteiger partial charge in [0, 0.05) is 25.4 Å². The topological polar surface area (TPSA) is 21.7 Å². The molecule has 3 nitrogen and oxygen atoms in total. The van der Waals surface area contributed by atoms with Gasteiger partial charge in [0.25, 0.3) is 0 Å². The Balaban J connectivity index is 2.62. The van der Waals surface area contributed by atoms with E-state index in [1.165, 1.54) is 49.6 Å². The minimum Gasteiger partial charge on any atom is -0.397 e. The number of para-hydroxylation sites is 1. The number of unbranched alkanes of at least 4 members (excludes halogenated alkanes) is 2. The van der Waals surface area contributed by atoms with Crippen molar-refractivity contribution in [2.24, 2.45) is 0 Å². The maximum Gasteiger partial charge on any atom is 0.321 e. The molecule has 1 aromatic carbocycles. The van der Waals surface area contributed by atoms with Crippen molar-refractivity contribution in [1.29, 1.82) is 0 Å². The molecule has 0 heterocycles. The van der Waals surface area contributed by atoms with Gasteiger partial charge in [-0.2, -0.15) is 0 Å². The van der Waals surface area contributed by atoms with E-state index in [9.17, 15) is 0 Å². The second-order valence-electron chi connectivity index (χ2n) is 6.96. The van der Waals surface area contributed by atoms with Gasteiger partial charge in [0.15, 0.2) is 8.24 Å². The van der Waals surface area contributed by atoms with Crippen LogP contribution in [0.3, 0.4) is 0 Å². The van der Waals surface area contributed by atoms with Crippen LogP contribution < -0.4 is 4.57 Å². The highest BCUT2D eigenvalue weighted by Gasteiger charge is 2.34. The highest BCUT2D eigenvalue weighted by atomic mass is 28.3. The van der Waals surface area contributed by atoms with Crippen LogP contribution in [0.15, 0.2) is 30.3 Å². The normalized spacial score (nSPS) is 11.9. The average molecular weight is 396 g/mol. The molecule has 150 valence electrons. The number of hydrogen-bond donors (Lipinski definition) is 0. The van der Waals surface area contributed by atoms with Gasteiger partial charge in [0.1, 0.15) is 0 Å². The fourth-order valence-electron chi connectivity index (χ4n) is 3.91. The molecule has 0 atom stereocenters. The lowest BCUT2D eigenvalue weighted by Crippen LogP contribution is -2.53. The third-order valence-corrected chi connectivity index (χ3v) is 13.5. The summed E-state index contributed by atoms with van der Waals surface area (Å²) in [7, 11) is -2.82. The zero-order valence-electron chi connectivity index (χ0n) is 17.8. The predicted molar refractivity (Wildman–Crippen MR) is 120 cm³/mol. The number of hydrogen-bond acceptors (Lipinski definition) is 3. The largest absolute Gasteiger partial charge is 0.397 e. The number of anilines is 1. The van der Waals surface area contributed by atoms with E-state index in [1.54, 1.807) is 0 Å². The third kappa shape index (κ3) is 7.18. The van der Waals surface area contributed by atoms with Crippen molar-refractivity contribution in [3.8, 4) is 0 Å². The van der Waals surface area contributed by atoms with Crippen LogP contribution in [0.25, 0.3) is 0 Å². The molecule has 5 heteroatoms. The summed E-state index contributed by atoms with van der Waals surface area (Å²) < 4.78 is 14.4. The summed E-state index contributed by atoms with van der Waals surface area (Å²) in [6, 6.07) is 16.2. The predicted octanol–water partition coefficient (Wildman–Crippen LogP) is 5.96. The SMILES string of the molecule is CCO[SiH](CCCCCN(c1ccccc1)[Si](CC)(CC)CC)OCC. The Bertz CT molecular complexity index is 440. The Morgan fingerprint density at radius 2 is 1.38 bits per heavy atom. The molecule has 0 aliphatic heterocycles. The Kier molecular flexibility index (Phi) is 12.2. The Morgan fingerprint density at radius 1 is 0.808 bits per heavy atom. The first-order valence-corrected chi connectivity index (χ1v) is 15.1. The first kappa shape index (κ1) is 23.4. The Hall–Kier alpha value is -0.626. The highest BCUT2D eigenvalue weighted by molar-refractivity contribution is 6.83. The van der Waals surface area contributed by atoms with Crippen LogP contribution >= 0.6 is 0 Å². The summed E-state index contributed by atoms with van der Waals surface area (Å²) in [6.45, 7) is 14.1. The van der Waals surface area contributed by atoms with Crippen LogP contribution in [0.2, 0.25) is 24.2 Å². The summed E-state index contributed by atoms with van der Waals surface area (Å²) >= 11 is 0. The molecule has 0 radical (unpaired) electrons. The molecule has 1 aromatic rings. The molecule has 0 fully saturated rings. The quantitative estimate of drug-likeness (QED) is 0.270. The van der Waals surface area contributed by atoms with Crippen LogP contribution in [0.5, 0.6) is 0 Å². The number of benzene rings is 1. The molecule has 0 spiro atoms. The van der Waals surface area contributed by atoms with Crippen LogP contribution in [-0.4, -0.2) is 37.3 Å². The van der Waals surface area contributed by atoms with Crippen molar-refractivity contribution in [3.63, 3.8) is 0 Å². The van der Waals surface area contributed by atoms with E-state index in [0.29, 0.717) is 0 Å². The fraction of sp³-hybridized carbons (Fsp3) is 0.714. The number of nitrogens with zero attached hydrogens (tertiary/aromatic N) is 1. The van der Waals surface area contributed by atoms with E-state index in [4.69, 9.17) is 8.85 Å². The maximum atomic E-state index is 5.80. The first-order valence-electron chi connectivity index (χ1n) is 10.7. The standard InChI is InChI=1S/C21H41NO2Si2/c1-6-23-25(24-7-2)20-16-12-15-19-22(21-17-13-11-14-18-21)26(8-3,9-4)10-5/h11,13-14,17-18,25H,6-10,12,15-16,19-20H2,1-5H3. The van der Waals surface area contributed by atoms with Crippen molar-refractivity contribution >= 4 is 23.2 Å². The molecule has 0 aliphatic rings. The molecular weight excluding hydrogens is 354 g/mol. The van der Waals surface area contributed by atoms with E-state index in [2.05, 4.69) is 69.5 Å². The van der Waals surface area contributed by atoms with Gasteiger partial charge in [-0.1, -0.05) is 51.8 Å². The first-order chi connectivity index (χ1) is 12.7. The van der Waals surface area contributed by atoms with Crippen molar-refractivity contribution in [2.45, 2.75) is 78.1 Å². The summed E-state index contributed by atoms with van der Waals surface area (Å²) in [5, 5.41) is 0. The van der Waals surface area contributed by atoms with Gasteiger partial charge < -0.3 is 13.4 Å². The van der Waals surface area contributed by atoms with Gasteiger partial charge >= 0.3 is 9.28 Å². The van der Waals surface area contributed by atoms with Crippen LogP contribution in [0.4, 0.5) is 5.69 Å². The molecule has 0 N–H and O–H groups in total. The van der Waals surface area contributed by atoms with Crippen molar-refractivity contribution < 1.29 is 8.85 Å². The van der Waals surface area contributed by atoms with E-state index in [1.807, 2.05) is 0 Å². The van der Waals surface area contributed by atoms with Gasteiger partial charge in [0.2, 0.25) is 0 Å². The van der Waals surface area contributed by atoms with Gasteiger partial charge in [-0.25, -0.2) is 0 Å². The molecule has 0 saturated heterocycles. The Labute approximate surface area is 165 Å². The van der Waals surface area contributed by atoms with E-state index in [0.717, 1.165) is 19.3 Å². The Morgan fingerprint density at radius 3 is 1.88 bits per heavy atom. The van der Waals surface area contributed by atoms with Gasteiger partial charge in [-0.05, 0) is 56.6 Å². The second kappa shape index (κ2) is 13.5. The second-order valence-corrected chi connectivity index (χ2v) is 14.2. The molecule has 0 amide bonds. The monoisotopic (exact) mass is 395 g/mol. The molecule has 26 heavy (non-hydrogen) atoms. The molecular formula is C21H41NO2Si2. The van der Waals surface area contributed by atoms with Crippen molar-refractivity contribution in [1.82, 2.24) is 0 Å². The molecule has 0 saturated carbocycles. The fourth-order valence-corrected chi connectivity index (χ4v) is 9.68. The van der Waals surface area contributed by atoms with Crippen molar-refractivity contribution in [3.05, 3.63) is 30.3 Å². The zero-order chi connectivity index (χ0) is 19.3. The summed E-state index contributed by atoms with van der Waals surface area (Å²) in [6.07, 6.45) is 3.77. The lowest BCUT2D eigenvalue weighted by Gasteiger charge is -2.43. The molecule has 0 unspecified atom stereocenters. The van der Waals surface area contributed by atoms with Gasteiger partial charge in [-0.3, -0.25) is 0 Å². The summed E-state index contributed by atoms with van der Waals surface area (Å²) in [5.74, 6) is 0. The number of rotatable bonds is 15. The summed E-state index contributed by atoms with van der Waals surface area (Å²) in [4.78, 5) is 0. The third-order valence-electron chi connectivity index (χ3n) is 5.64. The minimum absolute atomic E-state index is 0.788. The molecule has 0 aliphatic carbocycles. The van der Waals surface area contributed by atoms with Crippen LogP contribution in [-0.2, 0) is 8.85 Å². The van der Waals surface area contributed by atoms with E-state index in [-0.39, 0.29) is 0 Å². The molecule has 0 aromatic heterocycles. The molecule has 0 bridgehead atoms. The lowest BCUT2D eigenvalue weighted by atomic mass is 10.2. The average Bonchev–Trinajstić information content (AvgIpc) is 2.68. The van der Waals surface area contributed by atoms with Crippen LogP contribution in [0.1, 0.15) is 53.9 Å². The lowest BCUT2D eigenvalue weighted by molar-refractivity contribution is 0.212. The van der Waals surface area contributed by atoms with E-state index >= 15 is 0 Å². The van der Waals surface area contributed by atoms with E-state index < -0.39 is 17.5 Å². The minimum atomic E-state index is -1.42. The maximum absolute atomic E-state index is 5.80. The van der Waals surface area contributed by atoms with Gasteiger partial charge in [-0.15, -0.1) is 0 Å². The van der Waals surface area contributed by atoms with Crippen molar-refractivity contribution in [2.75, 3.05) is 24.3 Å². The van der Waals surface area contributed by atoms with Gasteiger partial charge in [0.05, 0.1) is 0 Å². The van der Waals surface area contributed by atoms with Crippen LogP contribution in [0, 0.1) is 0 Å². The zero-order valence-corrected chi connectivity index (χ0v) is 20.0. The molecule has 1 rings (SSSR count). The highest BCUT2D eigenvalue weighted by Crippen LogP contribution is 2.30. The summed E-state index contributed by atoms with van der Waals surface area (Å²) in [5.41, 5.74) is 1.43.